The highest BCUT2D eigenvalue weighted by Gasteiger charge is 2.14. The highest BCUT2D eigenvalue weighted by atomic mass is 15.0. The van der Waals surface area contributed by atoms with Crippen molar-refractivity contribution in [1.29, 1.82) is 0 Å². The number of hydrogen-bond acceptors (Lipinski definition) is 2. The van der Waals surface area contributed by atoms with Gasteiger partial charge in [-0.05, 0) is 75.5 Å². The summed E-state index contributed by atoms with van der Waals surface area (Å²) in [6.45, 7) is 0. The quantitative estimate of drug-likeness (QED) is 0.176. The Bertz CT molecular complexity index is 2810. The molecule has 0 saturated carbocycles. The molecular weight excluding hydrogens is 643 g/mol. The van der Waals surface area contributed by atoms with Crippen LogP contribution in [0.4, 0.5) is 0 Å². The maximum Gasteiger partial charge on any atom is 0.160 e. The molecule has 248 valence electrons. The highest BCUT2D eigenvalue weighted by molar-refractivity contribution is 6.09. The second-order valence-electron chi connectivity index (χ2n) is 13.5. The van der Waals surface area contributed by atoms with Crippen molar-refractivity contribution < 1.29 is 0 Å². The molecule has 0 bridgehead atoms. The number of fused-ring (bicyclic) bond motifs is 4. The zero-order valence-corrected chi connectivity index (χ0v) is 28.9. The number of nitrogens with zero attached hydrogens (tertiary/aromatic N) is 3. The molecule has 8 aromatic carbocycles. The summed E-state index contributed by atoms with van der Waals surface area (Å²) in [6, 6.07) is 71.0. The first kappa shape index (κ1) is 30.7. The minimum Gasteiger partial charge on any atom is -0.309 e. The maximum absolute atomic E-state index is 5.02. The third kappa shape index (κ3) is 5.65. The van der Waals surface area contributed by atoms with Gasteiger partial charge in [0.05, 0.1) is 22.4 Å². The van der Waals surface area contributed by atoms with Gasteiger partial charge in [0.2, 0.25) is 0 Å². The van der Waals surface area contributed by atoms with Crippen LogP contribution in [0.2, 0.25) is 0 Å². The molecule has 2 heterocycles. The normalized spacial score (nSPS) is 11.4. The van der Waals surface area contributed by atoms with Gasteiger partial charge < -0.3 is 4.57 Å². The molecule has 0 amide bonds. The predicted octanol–water partition coefficient (Wildman–Crippen LogP) is 13.1. The monoisotopic (exact) mass is 675 g/mol. The Morgan fingerprint density at radius 3 is 1.38 bits per heavy atom. The van der Waals surface area contributed by atoms with E-state index in [1.807, 2.05) is 36.4 Å². The van der Waals surface area contributed by atoms with Crippen molar-refractivity contribution in [3.8, 4) is 61.8 Å². The fraction of sp³-hybridized carbons (Fsp3) is 0. The van der Waals surface area contributed by atoms with E-state index < -0.39 is 0 Å². The van der Waals surface area contributed by atoms with Crippen LogP contribution in [0.25, 0.3) is 94.4 Å². The average Bonchev–Trinajstić information content (AvgIpc) is 3.58. The molecule has 3 heteroatoms. The second kappa shape index (κ2) is 12.9. The van der Waals surface area contributed by atoms with Crippen molar-refractivity contribution in [3.05, 3.63) is 200 Å². The lowest BCUT2D eigenvalue weighted by molar-refractivity contribution is 1.18. The second-order valence-corrected chi connectivity index (χ2v) is 13.5. The highest BCUT2D eigenvalue weighted by Crippen LogP contribution is 2.35. The van der Waals surface area contributed by atoms with Crippen LogP contribution < -0.4 is 0 Å². The third-order valence-electron chi connectivity index (χ3n) is 10.2. The van der Waals surface area contributed by atoms with Gasteiger partial charge in [0.25, 0.3) is 0 Å². The SMILES string of the molecule is c1ccc(-c2cc(-c3ccccc3)nc(-c3ccc(-c4ccc5ccc(-c6cccc(-n7c8ccccc8c8ccccc87)c6)cc5c4)cc3)n2)cc1. The molecule has 3 nitrogen and oxygen atoms in total. The molecule has 0 unspecified atom stereocenters. The van der Waals surface area contributed by atoms with Crippen molar-refractivity contribution in [2.45, 2.75) is 0 Å². The summed E-state index contributed by atoms with van der Waals surface area (Å²) in [5.74, 6) is 0.711. The molecule has 0 aliphatic carbocycles. The van der Waals surface area contributed by atoms with E-state index in [0.29, 0.717) is 5.82 Å². The molecule has 0 aliphatic heterocycles. The van der Waals surface area contributed by atoms with E-state index in [0.717, 1.165) is 39.3 Å². The Morgan fingerprint density at radius 1 is 0.302 bits per heavy atom. The molecule has 2 aromatic heterocycles. The Morgan fingerprint density at radius 2 is 0.774 bits per heavy atom. The van der Waals surface area contributed by atoms with E-state index in [9.17, 15) is 0 Å². The first-order valence-electron chi connectivity index (χ1n) is 18.0. The number of rotatable bonds is 6. The molecule has 0 aliphatic rings. The maximum atomic E-state index is 5.02. The summed E-state index contributed by atoms with van der Waals surface area (Å²) < 4.78 is 2.38. The molecule has 0 fully saturated rings. The van der Waals surface area contributed by atoms with Crippen molar-refractivity contribution in [2.24, 2.45) is 0 Å². The van der Waals surface area contributed by atoms with E-state index in [1.54, 1.807) is 0 Å². The fourth-order valence-corrected chi connectivity index (χ4v) is 7.53. The van der Waals surface area contributed by atoms with E-state index in [-0.39, 0.29) is 0 Å². The lowest BCUT2D eigenvalue weighted by atomic mass is 9.97. The van der Waals surface area contributed by atoms with Crippen LogP contribution in [0.5, 0.6) is 0 Å². The van der Waals surface area contributed by atoms with Crippen molar-refractivity contribution in [3.63, 3.8) is 0 Å². The molecule has 0 saturated heterocycles. The zero-order chi connectivity index (χ0) is 35.1. The van der Waals surface area contributed by atoms with Crippen LogP contribution in [0, 0.1) is 0 Å². The smallest absolute Gasteiger partial charge is 0.160 e. The molecule has 0 spiro atoms. The molecule has 10 rings (SSSR count). The van der Waals surface area contributed by atoms with Gasteiger partial charge in [-0.2, -0.15) is 0 Å². The first-order chi connectivity index (χ1) is 26.2. The van der Waals surface area contributed by atoms with Gasteiger partial charge in [-0.1, -0.05) is 158 Å². The summed E-state index contributed by atoms with van der Waals surface area (Å²) in [6.07, 6.45) is 0. The minimum absolute atomic E-state index is 0.711. The van der Waals surface area contributed by atoms with Crippen LogP contribution in [0.1, 0.15) is 0 Å². The Balaban J connectivity index is 0.992. The van der Waals surface area contributed by atoms with E-state index in [1.165, 1.54) is 49.3 Å². The molecular formula is C50H33N3. The lowest BCUT2D eigenvalue weighted by Gasteiger charge is -2.12. The van der Waals surface area contributed by atoms with E-state index in [2.05, 4.69) is 168 Å². The van der Waals surface area contributed by atoms with Crippen LogP contribution in [-0.4, -0.2) is 14.5 Å². The molecule has 0 radical (unpaired) electrons. The lowest BCUT2D eigenvalue weighted by Crippen LogP contribution is -1.95. The summed E-state index contributed by atoms with van der Waals surface area (Å²) in [5.41, 5.74) is 13.2. The zero-order valence-electron chi connectivity index (χ0n) is 28.9. The van der Waals surface area contributed by atoms with Crippen LogP contribution in [0.15, 0.2) is 200 Å². The largest absolute Gasteiger partial charge is 0.309 e. The summed E-state index contributed by atoms with van der Waals surface area (Å²) in [4.78, 5) is 10.0. The number of hydrogen-bond donors (Lipinski definition) is 0. The van der Waals surface area contributed by atoms with Crippen LogP contribution in [0.3, 0.4) is 0 Å². The fourth-order valence-electron chi connectivity index (χ4n) is 7.53. The Hall–Kier alpha value is -7.10. The van der Waals surface area contributed by atoms with Crippen molar-refractivity contribution in [1.82, 2.24) is 14.5 Å². The van der Waals surface area contributed by atoms with Gasteiger partial charge in [-0.3, -0.25) is 0 Å². The van der Waals surface area contributed by atoms with Crippen LogP contribution >= 0.6 is 0 Å². The topological polar surface area (TPSA) is 30.7 Å². The Labute approximate surface area is 308 Å². The molecule has 53 heavy (non-hydrogen) atoms. The van der Waals surface area contributed by atoms with E-state index in [4.69, 9.17) is 9.97 Å². The molecule has 0 N–H and O–H groups in total. The van der Waals surface area contributed by atoms with Crippen molar-refractivity contribution in [2.75, 3.05) is 0 Å². The number of benzene rings is 8. The number of para-hydroxylation sites is 2. The standard InChI is InChI=1S/C50H33N3/c1-3-12-36(13-4-1)46-33-47(37-14-5-2-6-15-37)52-50(51-46)38-26-22-34(23-27-38)40-28-24-35-25-29-41(31-42(35)30-40)39-16-11-17-43(32-39)53-48-20-9-7-18-44(48)45-19-8-10-21-49(45)53/h1-33H. The first-order valence-corrected chi connectivity index (χ1v) is 18.0. The van der Waals surface area contributed by atoms with Crippen LogP contribution in [-0.2, 0) is 0 Å². The molecule has 0 atom stereocenters. The summed E-state index contributed by atoms with van der Waals surface area (Å²) in [5, 5.41) is 4.96. The predicted molar refractivity (Wildman–Crippen MR) is 221 cm³/mol. The summed E-state index contributed by atoms with van der Waals surface area (Å²) >= 11 is 0. The van der Waals surface area contributed by atoms with Crippen molar-refractivity contribution >= 4 is 32.6 Å². The van der Waals surface area contributed by atoms with Gasteiger partial charge in [0, 0.05) is 33.2 Å². The van der Waals surface area contributed by atoms with Gasteiger partial charge in [-0.25, -0.2) is 9.97 Å². The summed E-state index contributed by atoms with van der Waals surface area (Å²) in [7, 11) is 0. The third-order valence-corrected chi connectivity index (χ3v) is 10.2. The van der Waals surface area contributed by atoms with E-state index >= 15 is 0 Å². The van der Waals surface area contributed by atoms with Gasteiger partial charge in [0.15, 0.2) is 5.82 Å². The minimum atomic E-state index is 0.711. The van der Waals surface area contributed by atoms with Gasteiger partial charge >= 0.3 is 0 Å². The van der Waals surface area contributed by atoms with Gasteiger partial charge in [0.1, 0.15) is 0 Å². The molecule has 10 aromatic rings. The average molecular weight is 676 g/mol. The van der Waals surface area contributed by atoms with Gasteiger partial charge in [-0.15, -0.1) is 0 Å². The Kier molecular flexibility index (Phi) is 7.47. The number of aromatic nitrogens is 3.